The molecule has 0 fully saturated rings. The summed E-state index contributed by atoms with van der Waals surface area (Å²) >= 11 is 0. The van der Waals surface area contributed by atoms with Crippen LogP contribution in [0.1, 0.15) is 40.4 Å². The van der Waals surface area contributed by atoms with E-state index in [2.05, 4.69) is 191 Å². The fourth-order valence-electron chi connectivity index (χ4n) is 9.67. The third-order valence-corrected chi connectivity index (χ3v) is 12.3. The van der Waals surface area contributed by atoms with Crippen molar-refractivity contribution >= 4 is 55.9 Å². The predicted molar refractivity (Wildman–Crippen MR) is 238 cm³/mol. The maximum atomic E-state index is 6.21. The van der Waals surface area contributed by atoms with E-state index in [0.29, 0.717) is 0 Å². The molecule has 0 saturated heterocycles. The molecular formula is C54H38N2O. The standard InChI is InChI=1S/C54H38N2O/c1-3-13-35(14-4-1)39-29-40(36-15-5-2-6-16-36)31-42(30-39)56-50-21-11-8-18-44(50)47-33-38(24-27-52(47)56)37-23-26-51-46(32-37)43-17-7-10-20-49(43)55(51)41-25-28-54-48(34-41)45-19-9-12-22-53(45)57-54/h1-9,11-19,21-31,33-34,37H,10,20,32H2. The van der Waals surface area contributed by atoms with Crippen LogP contribution in [-0.4, -0.2) is 9.13 Å². The number of fused-ring (bicyclic) bond motifs is 9. The molecule has 12 rings (SSSR count). The molecule has 10 aromatic rings. The van der Waals surface area contributed by atoms with E-state index in [-0.39, 0.29) is 5.92 Å². The first-order chi connectivity index (χ1) is 28.2. The minimum atomic E-state index is 0.269. The fourth-order valence-corrected chi connectivity index (χ4v) is 9.67. The third-order valence-electron chi connectivity index (χ3n) is 12.3. The zero-order valence-electron chi connectivity index (χ0n) is 31.4. The van der Waals surface area contributed by atoms with Gasteiger partial charge in [-0.15, -0.1) is 0 Å². The summed E-state index contributed by atoms with van der Waals surface area (Å²) in [6.45, 7) is 0. The largest absolute Gasteiger partial charge is 0.456 e. The zero-order valence-corrected chi connectivity index (χ0v) is 31.4. The molecule has 0 aliphatic heterocycles. The molecule has 0 amide bonds. The highest BCUT2D eigenvalue weighted by molar-refractivity contribution is 6.10. The molecule has 0 N–H and O–H groups in total. The summed E-state index contributed by atoms with van der Waals surface area (Å²) in [5.74, 6) is 0.269. The van der Waals surface area contributed by atoms with Gasteiger partial charge < -0.3 is 13.6 Å². The molecule has 0 saturated carbocycles. The van der Waals surface area contributed by atoms with Crippen LogP contribution in [0.3, 0.4) is 0 Å². The first-order valence-electron chi connectivity index (χ1n) is 20.1. The van der Waals surface area contributed by atoms with Crippen molar-refractivity contribution < 1.29 is 4.42 Å². The highest BCUT2D eigenvalue weighted by atomic mass is 16.3. The van der Waals surface area contributed by atoms with Crippen molar-refractivity contribution in [3.8, 4) is 33.6 Å². The summed E-state index contributed by atoms with van der Waals surface area (Å²) in [6.07, 6.45) is 12.6. The van der Waals surface area contributed by atoms with Crippen molar-refractivity contribution in [1.29, 1.82) is 0 Å². The molecule has 270 valence electrons. The van der Waals surface area contributed by atoms with Gasteiger partial charge in [-0.1, -0.05) is 121 Å². The van der Waals surface area contributed by atoms with Crippen molar-refractivity contribution in [3.05, 3.63) is 204 Å². The van der Waals surface area contributed by atoms with E-state index < -0.39 is 0 Å². The van der Waals surface area contributed by atoms with Crippen LogP contribution in [0.5, 0.6) is 0 Å². The Morgan fingerprint density at radius 3 is 2.00 bits per heavy atom. The maximum Gasteiger partial charge on any atom is 0.135 e. The lowest BCUT2D eigenvalue weighted by Crippen LogP contribution is -2.08. The Bertz CT molecular complexity index is 3200. The van der Waals surface area contributed by atoms with E-state index in [1.807, 2.05) is 6.07 Å². The van der Waals surface area contributed by atoms with Crippen molar-refractivity contribution in [2.45, 2.75) is 25.2 Å². The number of hydrogen-bond donors (Lipinski definition) is 0. The molecule has 0 radical (unpaired) electrons. The van der Waals surface area contributed by atoms with Crippen molar-refractivity contribution in [1.82, 2.24) is 9.13 Å². The van der Waals surface area contributed by atoms with E-state index in [9.17, 15) is 0 Å². The molecule has 3 heterocycles. The molecule has 0 spiro atoms. The molecule has 57 heavy (non-hydrogen) atoms. The van der Waals surface area contributed by atoms with Gasteiger partial charge in [-0.2, -0.15) is 0 Å². The monoisotopic (exact) mass is 730 g/mol. The summed E-state index contributed by atoms with van der Waals surface area (Å²) in [5.41, 5.74) is 18.4. The number of benzene rings is 7. The molecule has 2 aliphatic carbocycles. The van der Waals surface area contributed by atoms with Crippen LogP contribution >= 0.6 is 0 Å². The fraction of sp³-hybridized carbons (Fsp3) is 0.0741. The van der Waals surface area contributed by atoms with Crippen molar-refractivity contribution in [3.63, 3.8) is 0 Å². The SMILES string of the molecule is C1=Cc2c3c(n(-c4ccc5oc6ccccc6c5c4)c2CC1)C=CC(c1ccc2c(c1)c1ccccc1n2-c1cc(-c2ccccc2)cc(-c2ccccc2)c1)C3. The van der Waals surface area contributed by atoms with Gasteiger partial charge in [0.25, 0.3) is 0 Å². The number of allylic oxidation sites excluding steroid dienone is 2. The Balaban J connectivity index is 0.977. The summed E-state index contributed by atoms with van der Waals surface area (Å²) < 4.78 is 11.2. The van der Waals surface area contributed by atoms with Gasteiger partial charge in [-0.3, -0.25) is 0 Å². The molecule has 7 aromatic carbocycles. The van der Waals surface area contributed by atoms with Crippen LogP contribution in [0.25, 0.3) is 89.5 Å². The Morgan fingerprint density at radius 2 is 1.19 bits per heavy atom. The van der Waals surface area contributed by atoms with Crippen LogP contribution in [0.2, 0.25) is 0 Å². The number of para-hydroxylation sites is 2. The normalized spacial score (nSPS) is 14.8. The lowest BCUT2D eigenvalue weighted by molar-refractivity contribution is 0.669. The number of hydrogen-bond acceptors (Lipinski definition) is 1. The number of nitrogens with zero attached hydrogens (tertiary/aromatic N) is 2. The van der Waals surface area contributed by atoms with Crippen molar-refractivity contribution in [2.75, 3.05) is 0 Å². The Hall–Kier alpha value is -7.10. The highest BCUT2D eigenvalue weighted by Gasteiger charge is 2.28. The first-order valence-corrected chi connectivity index (χ1v) is 20.1. The van der Waals surface area contributed by atoms with Gasteiger partial charge >= 0.3 is 0 Å². The topological polar surface area (TPSA) is 23.0 Å². The van der Waals surface area contributed by atoms with Crippen LogP contribution in [-0.2, 0) is 12.8 Å². The summed E-state index contributed by atoms with van der Waals surface area (Å²) in [6, 6.07) is 59.6. The molecule has 1 unspecified atom stereocenters. The average molecular weight is 731 g/mol. The first kappa shape index (κ1) is 32.2. The number of aromatic nitrogens is 2. The van der Waals surface area contributed by atoms with Crippen LogP contribution in [0, 0.1) is 0 Å². The van der Waals surface area contributed by atoms with Crippen LogP contribution < -0.4 is 0 Å². The lowest BCUT2D eigenvalue weighted by atomic mass is 9.85. The van der Waals surface area contributed by atoms with E-state index in [0.717, 1.165) is 41.5 Å². The molecule has 0 bridgehead atoms. The van der Waals surface area contributed by atoms with Gasteiger partial charge in [0.1, 0.15) is 11.2 Å². The van der Waals surface area contributed by atoms with E-state index >= 15 is 0 Å². The van der Waals surface area contributed by atoms with Gasteiger partial charge in [0, 0.05) is 50.2 Å². The minimum absolute atomic E-state index is 0.269. The lowest BCUT2D eigenvalue weighted by Gasteiger charge is -2.20. The van der Waals surface area contributed by atoms with E-state index in [1.165, 1.54) is 83.2 Å². The molecule has 3 heteroatoms. The maximum absolute atomic E-state index is 6.21. The second kappa shape index (κ2) is 12.7. The van der Waals surface area contributed by atoms with Crippen LogP contribution in [0.15, 0.2) is 180 Å². The smallest absolute Gasteiger partial charge is 0.135 e. The number of furan rings is 1. The minimum Gasteiger partial charge on any atom is -0.456 e. The van der Waals surface area contributed by atoms with Crippen LogP contribution in [0.4, 0.5) is 0 Å². The third kappa shape index (κ3) is 5.12. The molecule has 3 nitrogen and oxygen atoms in total. The Kier molecular flexibility index (Phi) is 7.18. The van der Waals surface area contributed by atoms with Gasteiger partial charge in [-0.25, -0.2) is 0 Å². The zero-order chi connectivity index (χ0) is 37.5. The second-order valence-corrected chi connectivity index (χ2v) is 15.6. The van der Waals surface area contributed by atoms with Gasteiger partial charge in [0.15, 0.2) is 0 Å². The van der Waals surface area contributed by atoms with E-state index in [4.69, 9.17) is 4.42 Å². The Morgan fingerprint density at radius 1 is 0.491 bits per heavy atom. The van der Waals surface area contributed by atoms with Gasteiger partial charge in [0.05, 0.1) is 11.0 Å². The molecule has 1 atom stereocenters. The van der Waals surface area contributed by atoms with Gasteiger partial charge in [-0.05, 0) is 125 Å². The second-order valence-electron chi connectivity index (χ2n) is 15.6. The highest BCUT2D eigenvalue weighted by Crippen LogP contribution is 2.43. The van der Waals surface area contributed by atoms with Gasteiger partial charge in [0.2, 0.25) is 0 Å². The molecular weight excluding hydrogens is 693 g/mol. The predicted octanol–water partition coefficient (Wildman–Crippen LogP) is 14.1. The summed E-state index contributed by atoms with van der Waals surface area (Å²) in [4.78, 5) is 0. The number of rotatable bonds is 5. The summed E-state index contributed by atoms with van der Waals surface area (Å²) in [5, 5.41) is 4.89. The molecule has 2 aliphatic rings. The van der Waals surface area contributed by atoms with Crippen molar-refractivity contribution in [2.24, 2.45) is 0 Å². The molecule has 3 aromatic heterocycles. The summed E-state index contributed by atoms with van der Waals surface area (Å²) in [7, 11) is 0. The average Bonchev–Trinajstić information content (AvgIpc) is 3.94. The quantitative estimate of drug-likeness (QED) is 0.173. The van der Waals surface area contributed by atoms with E-state index in [1.54, 1.807) is 0 Å². The Labute approximate surface area is 331 Å².